The van der Waals surface area contributed by atoms with Gasteiger partial charge in [-0.15, -0.1) is 0 Å². The first-order valence-corrected chi connectivity index (χ1v) is 8.17. The zero-order valence-corrected chi connectivity index (χ0v) is 13.3. The minimum atomic E-state index is 0.0629. The van der Waals surface area contributed by atoms with E-state index in [-0.39, 0.29) is 6.10 Å². The van der Waals surface area contributed by atoms with Crippen LogP contribution in [0.25, 0.3) is 0 Å². The van der Waals surface area contributed by atoms with Crippen LogP contribution in [0.15, 0.2) is 78.9 Å². The van der Waals surface area contributed by atoms with Crippen molar-refractivity contribution in [3.05, 3.63) is 101 Å². The van der Waals surface area contributed by atoms with Crippen molar-refractivity contribution in [3.63, 3.8) is 0 Å². The summed E-state index contributed by atoms with van der Waals surface area (Å²) in [6.07, 6.45) is 1.08. The number of hydrogen-bond donors (Lipinski definition) is 0. The van der Waals surface area contributed by atoms with Crippen LogP contribution in [0.3, 0.4) is 0 Å². The molecule has 0 radical (unpaired) electrons. The molecule has 0 spiro atoms. The maximum atomic E-state index is 6.42. The molecular formula is C22H20O. The normalized spacial score (nSPS) is 19.7. The molecule has 1 nitrogen and oxygen atoms in total. The molecule has 0 unspecified atom stereocenters. The lowest BCUT2D eigenvalue weighted by Crippen LogP contribution is -2.24. The fourth-order valence-corrected chi connectivity index (χ4v) is 3.49. The summed E-state index contributed by atoms with van der Waals surface area (Å²) in [5, 5.41) is 0. The smallest absolute Gasteiger partial charge is 0.131 e. The Morgan fingerprint density at radius 3 is 2.35 bits per heavy atom. The van der Waals surface area contributed by atoms with Crippen LogP contribution in [0.2, 0.25) is 0 Å². The first-order chi connectivity index (χ1) is 11.3. The minimum absolute atomic E-state index is 0.0629. The number of hydrogen-bond acceptors (Lipinski definition) is 1. The largest absolute Gasteiger partial charge is 0.485 e. The number of fused-ring (bicyclic) bond motifs is 1. The number of benzene rings is 3. The van der Waals surface area contributed by atoms with Crippen molar-refractivity contribution in [2.45, 2.75) is 25.4 Å². The maximum Gasteiger partial charge on any atom is 0.131 e. The number of rotatable bonds is 2. The van der Waals surface area contributed by atoms with Crippen LogP contribution in [0.5, 0.6) is 5.75 Å². The van der Waals surface area contributed by atoms with Gasteiger partial charge in [-0.2, -0.15) is 0 Å². The fourth-order valence-electron chi connectivity index (χ4n) is 3.49. The highest BCUT2D eigenvalue weighted by molar-refractivity contribution is 5.41. The lowest BCUT2D eigenvalue weighted by atomic mass is 9.82. The molecule has 114 valence electrons. The van der Waals surface area contributed by atoms with Crippen molar-refractivity contribution in [2.24, 2.45) is 0 Å². The van der Waals surface area contributed by atoms with Gasteiger partial charge < -0.3 is 4.74 Å². The monoisotopic (exact) mass is 300 g/mol. The molecule has 4 rings (SSSR count). The molecule has 1 heterocycles. The highest BCUT2D eigenvalue weighted by atomic mass is 16.5. The first kappa shape index (κ1) is 14.1. The summed E-state index contributed by atoms with van der Waals surface area (Å²) in [7, 11) is 0. The van der Waals surface area contributed by atoms with Crippen molar-refractivity contribution >= 4 is 0 Å². The molecule has 0 amide bonds. The van der Waals surface area contributed by atoms with E-state index in [1.165, 1.54) is 22.3 Å². The van der Waals surface area contributed by atoms with Gasteiger partial charge in [0.2, 0.25) is 0 Å². The Hall–Kier alpha value is -2.54. The average Bonchev–Trinajstić information content (AvgIpc) is 2.61. The Labute approximate surface area is 137 Å². The summed E-state index contributed by atoms with van der Waals surface area (Å²) in [4.78, 5) is 0. The maximum absolute atomic E-state index is 6.42. The van der Waals surface area contributed by atoms with E-state index in [0.29, 0.717) is 5.92 Å². The van der Waals surface area contributed by atoms with Gasteiger partial charge in [0, 0.05) is 5.92 Å². The van der Waals surface area contributed by atoms with E-state index in [2.05, 4.69) is 79.7 Å². The second-order valence-electron chi connectivity index (χ2n) is 6.28. The van der Waals surface area contributed by atoms with Crippen molar-refractivity contribution < 1.29 is 4.74 Å². The van der Waals surface area contributed by atoms with Gasteiger partial charge in [-0.25, -0.2) is 0 Å². The zero-order valence-electron chi connectivity index (χ0n) is 13.3. The molecule has 1 aliphatic heterocycles. The van der Waals surface area contributed by atoms with E-state index < -0.39 is 0 Å². The van der Waals surface area contributed by atoms with E-state index >= 15 is 0 Å². The second kappa shape index (κ2) is 5.92. The molecule has 0 aliphatic carbocycles. The molecule has 3 aromatic carbocycles. The molecule has 23 heavy (non-hydrogen) atoms. The van der Waals surface area contributed by atoms with Crippen molar-refractivity contribution in [1.82, 2.24) is 0 Å². The Morgan fingerprint density at radius 2 is 1.52 bits per heavy atom. The third-order valence-electron chi connectivity index (χ3n) is 4.63. The van der Waals surface area contributed by atoms with Crippen molar-refractivity contribution in [3.8, 4) is 5.75 Å². The van der Waals surface area contributed by atoms with E-state index in [9.17, 15) is 0 Å². The minimum Gasteiger partial charge on any atom is -0.485 e. The summed E-state index contributed by atoms with van der Waals surface area (Å²) in [6, 6.07) is 27.8. The van der Waals surface area contributed by atoms with E-state index in [1.54, 1.807) is 0 Å². The summed E-state index contributed by atoms with van der Waals surface area (Å²) in [5.74, 6) is 1.36. The van der Waals surface area contributed by atoms with Crippen LogP contribution >= 0.6 is 0 Å². The van der Waals surface area contributed by atoms with Gasteiger partial charge >= 0.3 is 0 Å². The van der Waals surface area contributed by atoms with Crippen LogP contribution in [-0.4, -0.2) is 0 Å². The Bertz CT molecular complexity index is 807. The van der Waals surface area contributed by atoms with Crippen LogP contribution in [0.4, 0.5) is 0 Å². The topological polar surface area (TPSA) is 9.23 Å². The lowest BCUT2D eigenvalue weighted by Gasteiger charge is -2.34. The lowest BCUT2D eigenvalue weighted by molar-refractivity contribution is 0.151. The second-order valence-corrected chi connectivity index (χ2v) is 6.28. The standard InChI is InChI=1S/C22H20O/c1-16-8-7-12-18(14-16)20-15-19-11-5-6-13-21(19)23-22(20)17-9-3-2-4-10-17/h2-14,20,22H,15H2,1H3/t20-,22-/m1/s1. The average molecular weight is 300 g/mol. The first-order valence-electron chi connectivity index (χ1n) is 8.17. The Balaban J connectivity index is 1.80. The van der Waals surface area contributed by atoms with Crippen LogP contribution in [-0.2, 0) is 6.42 Å². The van der Waals surface area contributed by atoms with E-state index in [4.69, 9.17) is 4.74 Å². The molecule has 0 fully saturated rings. The van der Waals surface area contributed by atoms with Gasteiger partial charge in [0.15, 0.2) is 0 Å². The summed E-state index contributed by atoms with van der Waals surface area (Å²) in [5.41, 5.74) is 5.20. The number of aryl methyl sites for hydroxylation is 1. The van der Waals surface area contributed by atoms with Gasteiger partial charge in [0.05, 0.1) is 0 Å². The van der Waals surface area contributed by atoms with Crippen LogP contribution in [0.1, 0.15) is 34.3 Å². The molecule has 0 saturated carbocycles. The summed E-state index contributed by atoms with van der Waals surface area (Å²) >= 11 is 0. The fraction of sp³-hybridized carbons (Fsp3) is 0.182. The molecule has 0 N–H and O–H groups in total. The SMILES string of the molecule is Cc1cccc([C@H]2Cc3ccccc3O[C@@H]2c2ccccc2)c1. The number of para-hydroxylation sites is 1. The van der Waals surface area contributed by atoms with E-state index in [0.717, 1.165) is 12.2 Å². The van der Waals surface area contributed by atoms with Crippen LogP contribution in [0, 0.1) is 6.92 Å². The van der Waals surface area contributed by atoms with Crippen molar-refractivity contribution in [2.75, 3.05) is 0 Å². The predicted molar refractivity (Wildman–Crippen MR) is 93.9 cm³/mol. The highest BCUT2D eigenvalue weighted by Crippen LogP contribution is 2.43. The van der Waals surface area contributed by atoms with Gasteiger partial charge in [0.1, 0.15) is 11.9 Å². The highest BCUT2D eigenvalue weighted by Gasteiger charge is 2.32. The Morgan fingerprint density at radius 1 is 0.783 bits per heavy atom. The quantitative estimate of drug-likeness (QED) is 0.611. The molecule has 3 aromatic rings. The predicted octanol–water partition coefficient (Wildman–Crippen LogP) is 5.46. The summed E-state index contributed by atoms with van der Waals surface area (Å²) < 4.78 is 6.42. The van der Waals surface area contributed by atoms with Gasteiger partial charge in [-0.3, -0.25) is 0 Å². The molecule has 1 aliphatic rings. The third-order valence-corrected chi connectivity index (χ3v) is 4.63. The number of ether oxygens (including phenoxy) is 1. The zero-order chi connectivity index (χ0) is 15.6. The van der Waals surface area contributed by atoms with Crippen LogP contribution < -0.4 is 4.74 Å². The van der Waals surface area contributed by atoms with Gasteiger partial charge in [-0.05, 0) is 36.1 Å². The molecule has 1 heteroatoms. The molecule has 0 aromatic heterocycles. The van der Waals surface area contributed by atoms with Gasteiger partial charge in [0.25, 0.3) is 0 Å². The van der Waals surface area contributed by atoms with Gasteiger partial charge in [-0.1, -0.05) is 78.4 Å². The Kier molecular flexibility index (Phi) is 3.63. The summed E-state index contributed by atoms with van der Waals surface area (Å²) in [6.45, 7) is 2.15. The van der Waals surface area contributed by atoms with Crippen molar-refractivity contribution in [1.29, 1.82) is 0 Å². The third kappa shape index (κ3) is 2.75. The van der Waals surface area contributed by atoms with E-state index in [1.807, 2.05) is 6.07 Å². The molecule has 0 bridgehead atoms. The molecule has 0 saturated heterocycles. The molecule has 2 atom stereocenters. The molecular weight excluding hydrogens is 280 g/mol.